The molecule has 0 unspecified atom stereocenters. The fourth-order valence-corrected chi connectivity index (χ4v) is 3.92. The molecule has 0 spiro atoms. The van der Waals surface area contributed by atoms with E-state index in [9.17, 15) is 12.8 Å². The molecule has 0 heterocycles. The van der Waals surface area contributed by atoms with Crippen molar-refractivity contribution in [3.8, 4) is 6.07 Å². The highest BCUT2D eigenvalue weighted by atomic mass is 32.2. The van der Waals surface area contributed by atoms with Gasteiger partial charge >= 0.3 is 0 Å². The summed E-state index contributed by atoms with van der Waals surface area (Å²) in [5.41, 5.74) is 2.32. The minimum atomic E-state index is -3.66. The molecule has 3 aromatic carbocycles. The molecule has 0 amide bonds. The van der Waals surface area contributed by atoms with Gasteiger partial charge in [0.2, 0.25) is 9.84 Å². The first-order chi connectivity index (χ1) is 13.0. The Morgan fingerprint density at radius 2 is 1.48 bits per heavy atom. The Morgan fingerprint density at radius 3 is 2.11 bits per heavy atom. The first kappa shape index (κ1) is 18.6. The van der Waals surface area contributed by atoms with Crippen LogP contribution in [0.2, 0.25) is 0 Å². The Hall–Kier alpha value is -3.17. The summed E-state index contributed by atoms with van der Waals surface area (Å²) < 4.78 is 38.1. The Labute approximate surface area is 157 Å². The SMILES string of the molecule is N#Cc1ccccc1NCCc1ccc(S(=O)(=O)c2ccc(F)cc2)cc1. The van der Waals surface area contributed by atoms with Gasteiger partial charge in [-0.05, 0) is 60.5 Å². The number of para-hydroxylation sites is 1. The third-order valence-corrected chi connectivity index (χ3v) is 5.92. The highest BCUT2D eigenvalue weighted by molar-refractivity contribution is 7.91. The quantitative estimate of drug-likeness (QED) is 0.651. The number of rotatable bonds is 6. The molecule has 3 rings (SSSR count). The second-order valence-corrected chi connectivity index (χ2v) is 7.89. The fourth-order valence-electron chi connectivity index (χ4n) is 2.66. The number of nitrogens with one attached hydrogen (secondary N) is 1. The summed E-state index contributed by atoms with van der Waals surface area (Å²) in [5.74, 6) is -0.477. The van der Waals surface area contributed by atoms with Gasteiger partial charge < -0.3 is 5.32 Å². The number of halogens is 1. The second-order valence-electron chi connectivity index (χ2n) is 5.94. The summed E-state index contributed by atoms with van der Waals surface area (Å²) >= 11 is 0. The molecule has 4 nitrogen and oxygen atoms in total. The summed E-state index contributed by atoms with van der Waals surface area (Å²) in [7, 11) is -3.66. The van der Waals surface area contributed by atoms with Gasteiger partial charge in [-0.1, -0.05) is 24.3 Å². The van der Waals surface area contributed by atoms with Crippen LogP contribution in [0, 0.1) is 17.1 Å². The molecule has 0 saturated heterocycles. The van der Waals surface area contributed by atoms with Gasteiger partial charge in [-0.25, -0.2) is 12.8 Å². The zero-order valence-corrected chi connectivity index (χ0v) is 15.2. The van der Waals surface area contributed by atoms with E-state index in [1.54, 1.807) is 30.3 Å². The standard InChI is InChI=1S/C21H17FN2O2S/c22-18-7-11-20(12-8-18)27(25,26)19-9-5-16(6-10-19)13-14-24-21-4-2-1-3-17(21)15-23/h1-12,24H,13-14H2. The zero-order valence-electron chi connectivity index (χ0n) is 14.4. The fraction of sp³-hybridized carbons (Fsp3) is 0.0952. The molecule has 0 atom stereocenters. The molecular weight excluding hydrogens is 363 g/mol. The van der Waals surface area contributed by atoms with Crippen LogP contribution in [0.15, 0.2) is 82.6 Å². The first-order valence-electron chi connectivity index (χ1n) is 8.33. The average molecular weight is 380 g/mol. The van der Waals surface area contributed by atoms with E-state index in [4.69, 9.17) is 5.26 Å². The number of sulfone groups is 1. The highest BCUT2D eigenvalue weighted by Gasteiger charge is 2.17. The first-order valence-corrected chi connectivity index (χ1v) is 9.81. The third kappa shape index (κ3) is 4.33. The largest absolute Gasteiger partial charge is 0.384 e. The molecule has 0 bridgehead atoms. The lowest BCUT2D eigenvalue weighted by Crippen LogP contribution is -2.07. The molecule has 0 radical (unpaired) electrons. The van der Waals surface area contributed by atoms with E-state index in [1.165, 1.54) is 12.1 Å². The monoisotopic (exact) mass is 380 g/mol. The van der Waals surface area contributed by atoms with Crippen molar-refractivity contribution < 1.29 is 12.8 Å². The molecule has 1 N–H and O–H groups in total. The molecule has 0 aliphatic carbocycles. The van der Waals surface area contributed by atoms with Crippen LogP contribution >= 0.6 is 0 Å². The van der Waals surface area contributed by atoms with Crippen LogP contribution in [0.4, 0.5) is 10.1 Å². The lowest BCUT2D eigenvalue weighted by atomic mass is 10.1. The van der Waals surface area contributed by atoms with Crippen LogP contribution in [-0.4, -0.2) is 15.0 Å². The van der Waals surface area contributed by atoms with Crippen molar-refractivity contribution in [1.82, 2.24) is 0 Å². The molecule has 6 heteroatoms. The number of hydrogen-bond donors (Lipinski definition) is 1. The lowest BCUT2D eigenvalue weighted by Gasteiger charge is -2.09. The molecular formula is C21H17FN2O2S. The van der Waals surface area contributed by atoms with Crippen LogP contribution in [0.25, 0.3) is 0 Å². The number of nitrogens with zero attached hydrogens (tertiary/aromatic N) is 1. The van der Waals surface area contributed by atoms with Gasteiger partial charge in [0.15, 0.2) is 0 Å². The van der Waals surface area contributed by atoms with Gasteiger partial charge in [0.25, 0.3) is 0 Å². The van der Waals surface area contributed by atoms with Gasteiger partial charge in [-0.2, -0.15) is 5.26 Å². The van der Waals surface area contributed by atoms with Crippen molar-refractivity contribution in [3.05, 3.63) is 89.7 Å². The van der Waals surface area contributed by atoms with E-state index in [0.717, 1.165) is 23.4 Å². The highest BCUT2D eigenvalue weighted by Crippen LogP contribution is 2.21. The normalized spacial score (nSPS) is 11.0. The van der Waals surface area contributed by atoms with E-state index in [-0.39, 0.29) is 9.79 Å². The summed E-state index contributed by atoms with van der Waals surface area (Å²) in [6.45, 7) is 0.614. The number of nitriles is 1. The molecule has 3 aromatic rings. The maximum atomic E-state index is 13.0. The van der Waals surface area contributed by atoms with Crippen LogP contribution in [0.5, 0.6) is 0 Å². The Morgan fingerprint density at radius 1 is 0.889 bits per heavy atom. The predicted octanol–water partition coefficient (Wildman–Crippen LogP) is 4.18. The summed E-state index contributed by atoms with van der Waals surface area (Å²) in [6.07, 6.45) is 0.677. The maximum absolute atomic E-state index is 13.0. The van der Waals surface area contributed by atoms with E-state index in [0.29, 0.717) is 18.5 Å². The van der Waals surface area contributed by atoms with Crippen LogP contribution in [-0.2, 0) is 16.3 Å². The van der Waals surface area contributed by atoms with Crippen molar-refractivity contribution in [2.45, 2.75) is 16.2 Å². The van der Waals surface area contributed by atoms with Gasteiger partial charge in [-0.3, -0.25) is 0 Å². The Balaban J connectivity index is 1.67. The number of hydrogen-bond acceptors (Lipinski definition) is 4. The topological polar surface area (TPSA) is 70.0 Å². The van der Waals surface area contributed by atoms with E-state index in [2.05, 4.69) is 11.4 Å². The Bertz CT molecular complexity index is 1070. The summed E-state index contributed by atoms with van der Waals surface area (Å²) in [4.78, 5) is 0.229. The smallest absolute Gasteiger partial charge is 0.206 e. The molecule has 0 aromatic heterocycles. The van der Waals surface area contributed by atoms with Crippen molar-refractivity contribution in [3.63, 3.8) is 0 Å². The third-order valence-electron chi connectivity index (χ3n) is 4.13. The molecule has 0 aliphatic heterocycles. The average Bonchev–Trinajstić information content (AvgIpc) is 2.69. The van der Waals surface area contributed by atoms with Gasteiger partial charge in [0.05, 0.1) is 21.0 Å². The molecule has 0 aliphatic rings. The van der Waals surface area contributed by atoms with Crippen molar-refractivity contribution in [1.29, 1.82) is 5.26 Å². The van der Waals surface area contributed by atoms with Crippen LogP contribution in [0.3, 0.4) is 0 Å². The van der Waals surface area contributed by atoms with E-state index in [1.807, 2.05) is 18.2 Å². The number of anilines is 1. The minimum Gasteiger partial charge on any atom is -0.384 e. The lowest BCUT2D eigenvalue weighted by molar-refractivity contribution is 0.594. The van der Waals surface area contributed by atoms with Gasteiger partial charge in [-0.15, -0.1) is 0 Å². The minimum absolute atomic E-state index is 0.0615. The van der Waals surface area contributed by atoms with Crippen molar-refractivity contribution in [2.24, 2.45) is 0 Å². The summed E-state index contributed by atoms with van der Waals surface area (Å²) in [5, 5.41) is 12.3. The summed E-state index contributed by atoms with van der Waals surface area (Å²) in [6, 6.07) is 20.8. The van der Waals surface area contributed by atoms with Crippen molar-refractivity contribution in [2.75, 3.05) is 11.9 Å². The van der Waals surface area contributed by atoms with E-state index >= 15 is 0 Å². The predicted molar refractivity (Wildman–Crippen MR) is 102 cm³/mol. The van der Waals surface area contributed by atoms with Crippen LogP contribution in [0.1, 0.15) is 11.1 Å². The van der Waals surface area contributed by atoms with Gasteiger partial charge in [0.1, 0.15) is 11.9 Å². The van der Waals surface area contributed by atoms with Gasteiger partial charge in [0, 0.05) is 6.54 Å². The molecule has 0 saturated carbocycles. The molecule has 136 valence electrons. The number of benzene rings is 3. The maximum Gasteiger partial charge on any atom is 0.206 e. The molecule has 27 heavy (non-hydrogen) atoms. The second kappa shape index (κ2) is 8.02. The molecule has 0 fully saturated rings. The zero-order chi connectivity index (χ0) is 19.3. The van der Waals surface area contributed by atoms with Crippen molar-refractivity contribution >= 4 is 15.5 Å². The van der Waals surface area contributed by atoms with Crippen LogP contribution < -0.4 is 5.32 Å². The van der Waals surface area contributed by atoms with E-state index < -0.39 is 15.7 Å². The Kier molecular flexibility index (Phi) is 5.53.